The summed E-state index contributed by atoms with van der Waals surface area (Å²) in [6.07, 6.45) is 8.10. The molecule has 0 aromatic heterocycles. The number of hydrogen-bond donors (Lipinski definition) is 0. The van der Waals surface area contributed by atoms with Crippen molar-refractivity contribution in [1.29, 1.82) is 0 Å². The first-order chi connectivity index (χ1) is 8.76. The van der Waals surface area contributed by atoms with Crippen LogP contribution in [-0.4, -0.2) is 0 Å². The first kappa shape index (κ1) is 17.2. The Balaban J connectivity index is 0.00000137. The van der Waals surface area contributed by atoms with E-state index in [2.05, 4.69) is 45.0 Å². The minimum Gasteiger partial charge on any atom is -0.0683 e. The molecule has 0 aliphatic heterocycles. The van der Waals surface area contributed by atoms with E-state index in [1.807, 2.05) is 13.8 Å². The van der Waals surface area contributed by atoms with Gasteiger partial charge in [0.1, 0.15) is 0 Å². The number of rotatable bonds is 7. The van der Waals surface area contributed by atoms with Crippen molar-refractivity contribution in [3.63, 3.8) is 0 Å². The average molecular weight is 248 g/mol. The fraction of sp³-hybridized carbons (Fsp3) is 0.667. The van der Waals surface area contributed by atoms with E-state index in [0.29, 0.717) is 0 Å². The topological polar surface area (TPSA) is 0 Å². The highest BCUT2D eigenvalue weighted by atomic mass is 14.1. The molecule has 0 radical (unpaired) electrons. The van der Waals surface area contributed by atoms with Gasteiger partial charge in [-0.2, -0.15) is 0 Å². The Hall–Kier alpha value is -0.780. The predicted octanol–water partition coefficient (Wildman–Crippen LogP) is 6.17. The zero-order chi connectivity index (χ0) is 13.8. The average Bonchev–Trinajstić information content (AvgIpc) is 2.43. The fourth-order valence-corrected chi connectivity index (χ4v) is 2.17. The number of benzene rings is 1. The first-order valence-electron chi connectivity index (χ1n) is 7.81. The van der Waals surface area contributed by atoms with Crippen molar-refractivity contribution in [3.8, 4) is 0 Å². The van der Waals surface area contributed by atoms with Crippen LogP contribution in [-0.2, 0) is 6.42 Å². The molecule has 0 spiro atoms. The third-order valence-electron chi connectivity index (χ3n) is 3.51. The van der Waals surface area contributed by atoms with E-state index in [4.69, 9.17) is 0 Å². The molecule has 18 heavy (non-hydrogen) atoms. The van der Waals surface area contributed by atoms with Crippen molar-refractivity contribution >= 4 is 0 Å². The summed E-state index contributed by atoms with van der Waals surface area (Å²) in [7, 11) is 0. The molecule has 1 unspecified atom stereocenters. The summed E-state index contributed by atoms with van der Waals surface area (Å²) in [6, 6.07) is 9.01. The second-order valence-corrected chi connectivity index (χ2v) is 4.94. The zero-order valence-corrected chi connectivity index (χ0v) is 13.1. The van der Waals surface area contributed by atoms with Gasteiger partial charge >= 0.3 is 0 Å². The molecule has 0 saturated carbocycles. The second kappa shape index (κ2) is 11.3. The standard InChI is InChI=1S/C16H26.C2H6/c1-4-6-7-15(5-2)12-13-16-10-8-14(3)9-11-16;1-2/h8-11,15H,4-7,12-13H2,1-3H3;1-2H3. The summed E-state index contributed by atoms with van der Waals surface area (Å²) in [5.74, 6) is 0.932. The van der Waals surface area contributed by atoms with E-state index in [0.717, 1.165) is 5.92 Å². The van der Waals surface area contributed by atoms with Crippen LogP contribution in [0.4, 0.5) is 0 Å². The van der Waals surface area contributed by atoms with Gasteiger partial charge in [0.25, 0.3) is 0 Å². The van der Waals surface area contributed by atoms with E-state index in [9.17, 15) is 0 Å². The highest BCUT2D eigenvalue weighted by Gasteiger charge is 2.05. The second-order valence-electron chi connectivity index (χ2n) is 4.94. The summed E-state index contributed by atoms with van der Waals surface area (Å²) >= 11 is 0. The Morgan fingerprint density at radius 2 is 1.56 bits per heavy atom. The van der Waals surface area contributed by atoms with Crippen LogP contribution < -0.4 is 0 Å². The third kappa shape index (κ3) is 7.53. The molecule has 1 rings (SSSR count). The molecular formula is C18H32. The Kier molecular flexibility index (Phi) is 10.8. The van der Waals surface area contributed by atoms with E-state index in [1.165, 1.54) is 49.7 Å². The maximum Gasteiger partial charge on any atom is -0.0276 e. The molecule has 0 aliphatic rings. The SMILES string of the molecule is CC.CCCCC(CC)CCc1ccc(C)cc1. The molecule has 0 N–H and O–H groups in total. The third-order valence-corrected chi connectivity index (χ3v) is 3.51. The Morgan fingerprint density at radius 1 is 0.944 bits per heavy atom. The summed E-state index contributed by atoms with van der Waals surface area (Å²) in [4.78, 5) is 0. The molecule has 0 aliphatic carbocycles. The molecule has 0 amide bonds. The van der Waals surface area contributed by atoms with E-state index in [-0.39, 0.29) is 0 Å². The predicted molar refractivity (Wildman–Crippen MR) is 84.2 cm³/mol. The quantitative estimate of drug-likeness (QED) is 0.541. The van der Waals surface area contributed by atoms with Crippen LogP contribution in [0.15, 0.2) is 24.3 Å². The normalized spacial score (nSPS) is 11.6. The van der Waals surface area contributed by atoms with Gasteiger partial charge in [0.05, 0.1) is 0 Å². The maximum atomic E-state index is 2.33. The van der Waals surface area contributed by atoms with Gasteiger partial charge in [-0.1, -0.05) is 83.2 Å². The zero-order valence-electron chi connectivity index (χ0n) is 13.1. The van der Waals surface area contributed by atoms with Crippen LogP contribution in [0.3, 0.4) is 0 Å². The lowest BCUT2D eigenvalue weighted by Gasteiger charge is -2.14. The highest BCUT2D eigenvalue weighted by Crippen LogP contribution is 2.19. The molecule has 0 bridgehead atoms. The molecule has 0 nitrogen and oxygen atoms in total. The van der Waals surface area contributed by atoms with E-state index >= 15 is 0 Å². The molecule has 0 heteroatoms. The molecule has 0 fully saturated rings. The largest absolute Gasteiger partial charge is 0.0683 e. The Bertz CT molecular complexity index is 271. The van der Waals surface area contributed by atoms with Crippen LogP contribution in [0.1, 0.15) is 70.9 Å². The molecule has 0 heterocycles. The van der Waals surface area contributed by atoms with Gasteiger partial charge in [0, 0.05) is 0 Å². The van der Waals surface area contributed by atoms with Gasteiger partial charge in [0.15, 0.2) is 0 Å². The number of hydrogen-bond acceptors (Lipinski definition) is 0. The van der Waals surface area contributed by atoms with Gasteiger partial charge in [-0.05, 0) is 31.2 Å². The van der Waals surface area contributed by atoms with Crippen molar-refractivity contribution < 1.29 is 0 Å². The molecule has 0 saturated heterocycles. The van der Waals surface area contributed by atoms with E-state index in [1.54, 1.807) is 0 Å². The van der Waals surface area contributed by atoms with Crippen molar-refractivity contribution in [2.24, 2.45) is 5.92 Å². The van der Waals surface area contributed by atoms with Crippen molar-refractivity contribution in [1.82, 2.24) is 0 Å². The summed E-state index contributed by atoms with van der Waals surface area (Å²) in [5, 5.41) is 0. The van der Waals surface area contributed by atoms with Gasteiger partial charge in [-0.3, -0.25) is 0 Å². The van der Waals surface area contributed by atoms with Crippen molar-refractivity contribution in [3.05, 3.63) is 35.4 Å². The number of aryl methyl sites for hydroxylation is 2. The fourth-order valence-electron chi connectivity index (χ4n) is 2.17. The molecule has 104 valence electrons. The monoisotopic (exact) mass is 248 g/mol. The van der Waals surface area contributed by atoms with Gasteiger partial charge < -0.3 is 0 Å². The molecule has 1 atom stereocenters. The summed E-state index contributed by atoms with van der Waals surface area (Å²) in [5.41, 5.74) is 2.86. The van der Waals surface area contributed by atoms with Crippen LogP contribution in [0.25, 0.3) is 0 Å². The van der Waals surface area contributed by atoms with Crippen LogP contribution in [0.5, 0.6) is 0 Å². The molecule has 1 aromatic rings. The van der Waals surface area contributed by atoms with Gasteiger partial charge in [-0.15, -0.1) is 0 Å². The summed E-state index contributed by atoms with van der Waals surface area (Å²) < 4.78 is 0. The molecular weight excluding hydrogens is 216 g/mol. The van der Waals surface area contributed by atoms with E-state index < -0.39 is 0 Å². The van der Waals surface area contributed by atoms with Crippen LogP contribution in [0, 0.1) is 12.8 Å². The maximum absolute atomic E-state index is 2.33. The van der Waals surface area contributed by atoms with Crippen molar-refractivity contribution in [2.75, 3.05) is 0 Å². The first-order valence-corrected chi connectivity index (χ1v) is 7.81. The van der Waals surface area contributed by atoms with Gasteiger partial charge in [-0.25, -0.2) is 0 Å². The lowest BCUT2D eigenvalue weighted by molar-refractivity contribution is 0.422. The molecule has 1 aromatic carbocycles. The summed E-state index contributed by atoms with van der Waals surface area (Å²) in [6.45, 7) is 10.8. The van der Waals surface area contributed by atoms with Gasteiger partial charge in [0.2, 0.25) is 0 Å². The highest BCUT2D eigenvalue weighted by molar-refractivity contribution is 5.21. The van der Waals surface area contributed by atoms with Crippen molar-refractivity contribution in [2.45, 2.75) is 73.1 Å². The Labute approximate surface area is 115 Å². The van der Waals surface area contributed by atoms with Crippen LogP contribution >= 0.6 is 0 Å². The lowest BCUT2D eigenvalue weighted by Crippen LogP contribution is -2.01. The minimum atomic E-state index is 0.932. The number of unbranched alkanes of at least 4 members (excludes halogenated alkanes) is 1. The van der Waals surface area contributed by atoms with Crippen LogP contribution in [0.2, 0.25) is 0 Å². The lowest BCUT2D eigenvalue weighted by atomic mass is 9.92. The smallest absolute Gasteiger partial charge is 0.0276 e. The minimum absolute atomic E-state index is 0.932. The Morgan fingerprint density at radius 3 is 2.06 bits per heavy atom.